The first kappa shape index (κ1) is 33.2. The zero-order valence-corrected chi connectivity index (χ0v) is 26.5. The highest BCUT2D eigenvalue weighted by Crippen LogP contribution is 2.24. The molecular weight excluding hydrogens is 496 g/mol. The molecule has 0 N–H and O–H groups in total. The second-order valence-electron chi connectivity index (χ2n) is 10.7. The quantitative estimate of drug-likeness (QED) is 0.208. The van der Waals surface area contributed by atoms with Gasteiger partial charge in [-0.25, -0.2) is 0 Å². The molecule has 0 spiro atoms. The van der Waals surface area contributed by atoms with Gasteiger partial charge in [0.15, 0.2) is 0 Å². The third kappa shape index (κ3) is 10.1. The van der Waals surface area contributed by atoms with Crippen LogP contribution in [0, 0.1) is 6.92 Å². The van der Waals surface area contributed by atoms with E-state index in [1.165, 1.54) is 51.9 Å². The summed E-state index contributed by atoms with van der Waals surface area (Å²) in [6.45, 7) is 24.0. The van der Waals surface area contributed by atoms with Crippen LogP contribution in [0.2, 0.25) is 0 Å². The lowest BCUT2D eigenvalue weighted by Gasteiger charge is -2.23. The topological polar surface area (TPSA) is 6.48 Å². The third-order valence-corrected chi connectivity index (χ3v) is 7.66. The van der Waals surface area contributed by atoms with Crippen LogP contribution in [0.4, 0.5) is 0 Å². The van der Waals surface area contributed by atoms with E-state index >= 15 is 0 Å². The van der Waals surface area contributed by atoms with Crippen LogP contribution in [-0.2, 0) is 6.42 Å². The Morgan fingerprint density at radius 2 is 1.39 bits per heavy atom. The SMILES string of the molecule is C=C(c1ccccc1Cc1ccccc1)N(C)CCCC.C=C/C(C)=C(/C)N(C)/C(C)=C\C(=C)c1ccccc1C. The first-order valence-corrected chi connectivity index (χ1v) is 14.6. The summed E-state index contributed by atoms with van der Waals surface area (Å²) >= 11 is 0. The van der Waals surface area contributed by atoms with E-state index in [-0.39, 0.29) is 0 Å². The maximum absolute atomic E-state index is 4.31. The highest BCUT2D eigenvalue weighted by atomic mass is 15.1. The number of allylic oxidation sites excluding steroid dienone is 6. The standard InChI is InChI=1S/C20H25N.C19H25N/c1-4-5-15-21(3)17(2)20-14-10-9-13-19(20)16-18-11-7-6-8-12-18;1-8-14(2)18(6)20(7)17(5)13-16(4)19-12-10-9-11-15(19)3/h6-14H,2,4-5,15-16H2,1,3H3;8-13H,1,4H2,2-3,5-7H3/b;17-13-,18-14-. The van der Waals surface area contributed by atoms with Crippen molar-refractivity contribution in [2.75, 3.05) is 20.6 Å². The number of nitrogens with zero attached hydrogens (tertiary/aromatic N) is 2. The fraction of sp³-hybridized carbons (Fsp3) is 0.282. The van der Waals surface area contributed by atoms with Crippen LogP contribution in [0.1, 0.15) is 68.4 Å². The van der Waals surface area contributed by atoms with Gasteiger partial charge in [-0.2, -0.15) is 0 Å². The van der Waals surface area contributed by atoms with E-state index in [2.05, 4.69) is 157 Å². The van der Waals surface area contributed by atoms with Crippen LogP contribution in [0.15, 0.2) is 128 Å². The lowest BCUT2D eigenvalue weighted by molar-refractivity contribution is 0.463. The molecule has 2 nitrogen and oxygen atoms in total. The molecule has 0 heterocycles. The van der Waals surface area contributed by atoms with E-state index in [0.717, 1.165) is 29.9 Å². The summed E-state index contributed by atoms with van der Waals surface area (Å²) in [4.78, 5) is 4.44. The largest absolute Gasteiger partial charge is 0.375 e. The van der Waals surface area contributed by atoms with E-state index in [1.54, 1.807) is 0 Å². The van der Waals surface area contributed by atoms with Gasteiger partial charge in [0.2, 0.25) is 0 Å². The molecule has 0 aliphatic carbocycles. The first-order chi connectivity index (χ1) is 19.6. The summed E-state index contributed by atoms with van der Waals surface area (Å²) in [5.74, 6) is 0. The first-order valence-electron chi connectivity index (χ1n) is 14.6. The molecule has 2 heteroatoms. The van der Waals surface area contributed by atoms with Gasteiger partial charge in [-0.15, -0.1) is 0 Å². The molecule has 0 saturated carbocycles. The molecule has 216 valence electrons. The molecule has 0 bridgehead atoms. The van der Waals surface area contributed by atoms with Gasteiger partial charge in [-0.1, -0.05) is 118 Å². The van der Waals surface area contributed by atoms with Crippen molar-refractivity contribution >= 4 is 11.3 Å². The number of hydrogen-bond donors (Lipinski definition) is 0. The Morgan fingerprint density at radius 3 is 2.00 bits per heavy atom. The fourth-order valence-electron chi connectivity index (χ4n) is 4.54. The summed E-state index contributed by atoms with van der Waals surface area (Å²) < 4.78 is 0. The van der Waals surface area contributed by atoms with E-state index in [0.29, 0.717) is 0 Å². The second kappa shape index (κ2) is 16.9. The van der Waals surface area contributed by atoms with Crippen molar-refractivity contribution in [2.45, 2.75) is 53.9 Å². The van der Waals surface area contributed by atoms with Crippen molar-refractivity contribution < 1.29 is 0 Å². The molecule has 41 heavy (non-hydrogen) atoms. The molecule has 0 fully saturated rings. The van der Waals surface area contributed by atoms with Crippen LogP contribution in [0.25, 0.3) is 11.3 Å². The molecule has 0 amide bonds. The van der Waals surface area contributed by atoms with Gasteiger partial charge in [-0.3, -0.25) is 0 Å². The van der Waals surface area contributed by atoms with Crippen molar-refractivity contribution in [2.24, 2.45) is 0 Å². The zero-order chi connectivity index (χ0) is 30.4. The number of aryl methyl sites for hydroxylation is 1. The highest BCUT2D eigenvalue weighted by Gasteiger charge is 2.10. The molecule has 0 saturated heterocycles. The van der Waals surface area contributed by atoms with Crippen molar-refractivity contribution in [1.29, 1.82) is 0 Å². The molecule has 0 aliphatic rings. The molecule has 0 radical (unpaired) electrons. The minimum absolute atomic E-state index is 0.956. The summed E-state index contributed by atoms with van der Waals surface area (Å²) in [6, 6.07) is 27.5. The summed E-state index contributed by atoms with van der Waals surface area (Å²) in [5.41, 5.74) is 12.1. The van der Waals surface area contributed by atoms with Gasteiger partial charge in [0, 0.05) is 43.3 Å². The Kier molecular flexibility index (Phi) is 13.7. The number of rotatable bonds is 12. The predicted molar refractivity (Wildman–Crippen MR) is 183 cm³/mol. The number of unbranched alkanes of at least 4 members (excludes halogenated alkanes) is 1. The molecule has 3 aromatic rings. The second-order valence-corrected chi connectivity index (χ2v) is 10.7. The average Bonchev–Trinajstić information content (AvgIpc) is 2.99. The van der Waals surface area contributed by atoms with E-state index in [4.69, 9.17) is 0 Å². The van der Waals surface area contributed by atoms with Gasteiger partial charge in [0.25, 0.3) is 0 Å². The molecule has 0 aromatic heterocycles. The summed E-state index contributed by atoms with van der Waals surface area (Å²) in [6.07, 6.45) is 7.38. The van der Waals surface area contributed by atoms with Crippen molar-refractivity contribution in [3.63, 3.8) is 0 Å². The maximum Gasteiger partial charge on any atom is 0.0367 e. The smallest absolute Gasteiger partial charge is 0.0367 e. The van der Waals surface area contributed by atoms with Crippen molar-refractivity contribution in [3.05, 3.63) is 156 Å². The Bertz CT molecular complexity index is 1360. The monoisotopic (exact) mass is 546 g/mol. The maximum atomic E-state index is 4.31. The average molecular weight is 547 g/mol. The zero-order valence-electron chi connectivity index (χ0n) is 26.5. The molecule has 0 atom stereocenters. The van der Waals surface area contributed by atoms with E-state index in [9.17, 15) is 0 Å². The Morgan fingerprint density at radius 1 is 0.805 bits per heavy atom. The van der Waals surface area contributed by atoms with Crippen LogP contribution < -0.4 is 0 Å². The van der Waals surface area contributed by atoms with E-state index < -0.39 is 0 Å². The number of hydrogen-bond acceptors (Lipinski definition) is 2. The normalized spacial score (nSPS) is 11.5. The van der Waals surface area contributed by atoms with Crippen LogP contribution in [-0.4, -0.2) is 30.4 Å². The lowest BCUT2D eigenvalue weighted by Crippen LogP contribution is -2.18. The number of benzene rings is 3. The third-order valence-electron chi connectivity index (χ3n) is 7.66. The minimum Gasteiger partial charge on any atom is -0.375 e. The molecule has 0 unspecified atom stereocenters. The lowest BCUT2D eigenvalue weighted by atomic mass is 9.98. The Hall–Kier alpha value is -4.04. The molecule has 3 aromatic carbocycles. The molecule has 3 rings (SSSR count). The van der Waals surface area contributed by atoms with Crippen molar-refractivity contribution in [1.82, 2.24) is 9.80 Å². The molecular formula is C39H50N2. The van der Waals surface area contributed by atoms with Crippen LogP contribution in [0.3, 0.4) is 0 Å². The van der Waals surface area contributed by atoms with Crippen LogP contribution in [0.5, 0.6) is 0 Å². The van der Waals surface area contributed by atoms with E-state index in [1.807, 2.05) is 12.1 Å². The van der Waals surface area contributed by atoms with Crippen LogP contribution >= 0.6 is 0 Å². The van der Waals surface area contributed by atoms with Gasteiger partial charge in [-0.05, 0) is 80.0 Å². The Labute approximate surface area is 250 Å². The van der Waals surface area contributed by atoms with Gasteiger partial charge >= 0.3 is 0 Å². The Balaban J connectivity index is 0.000000287. The highest BCUT2D eigenvalue weighted by molar-refractivity contribution is 5.74. The minimum atomic E-state index is 0.956. The fourth-order valence-corrected chi connectivity index (χ4v) is 4.54. The van der Waals surface area contributed by atoms with Gasteiger partial charge in [0.1, 0.15) is 0 Å². The summed E-state index contributed by atoms with van der Waals surface area (Å²) in [5, 5.41) is 0. The van der Waals surface area contributed by atoms with Gasteiger partial charge < -0.3 is 9.80 Å². The predicted octanol–water partition coefficient (Wildman–Crippen LogP) is 10.3. The van der Waals surface area contributed by atoms with Crippen molar-refractivity contribution in [3.8, 4) is 0 Å². The molecule has 0 aliphatic heterocycles. The van der Waals surface area contributed by atoms with Gasteiger partial charge in [0.05, 0.1) is 0 Å². The summed E-state index contributed by atoms with van der Waals surface area (Å²) in [7, 11) is 4.20.